The standard InChI is InChI=1S/C20H19N3O7S/c1-28-14-6-4-13(5-7-14)23-18(20(27)30-22-23)31-10-9-17(24)21-15-8-3-12(19(25)26)11-16(15)29-2/h3-8,11H,9-10H2,1-2H3,(H2-,21,22,24,25,26,27). The van der Waals surface area contributed by atoms with Crippen LogP contribution < -0.4 is 24.6 Å². The number of ether oxygens (including phenoxy) is 2. The molecule has 0 radical (unpaired) electrons. The van der Waals surface area contributed by atoms with Crippen molar-refractivity contribution in [3.8, 4) is 23.1 Å². The van der Waals surface area contributed by atoms with Crippen molar-refractivity contribution in [2.45, 2.75) is 11.4 Å². The maximum absolute atomic E-state index is 12.3. The summed E-state index contributed by atoms with van der Waals surface area (Å²) < 4.78 is 16.4. The van der Waals surface area contributed by atoms with E-state index < -0.39 is 11.9 Å². The Morgan fingerprint density at radius 1 is 1.19 bits per heavy atom. The number of benzene rings is 2. The van der Waals surface area contributed by atoms with Crippen molar-refractivity contribution in [1.29, 1.82) is 0 Å². The van der Waals surface area contributed by atoms with Gasteiger partial charge < -0.3 is 29.5 Å². The smallest absolute Gasteiger partial charge is 0.335 e. The molecule has 2 N–H and O–H groups in total. The molecule has 0 bridgehead atoms. The van der Waals surface area contributed by atoms with Gasteiger partial charge in [0.1, 0.15) is 11.5 Å². The van der Waals surface area contributed by atoms with Crippen LogP contribution in [0.2, 0.25) is 0 Å². The number of nitrogens with zero attached hydrogens (tertiary/aromatic N) is 2. The Labute approximate surface area is 181 Å². The van der Waals surface area contributed by atoms with Crippen LogP contribution in [0.5, 0.6) is 17.4 Å². The number of aromatic nitrogens is 2. The second-order valence-corrected chi connectivity index (χ2v) is 7.23. The van der Waals surface area contributed by atoms with Crippen LogP contribution in [0.1, 0.15) is 16.8 Å². The monoisotopic (exact) mass is 445 g/mol. The third kappa shape index (κ3) is 5.25. The Kier molecular flexibility index (Phi) is 6.98. The van der Waals surface area contributed by atoms with E-state index in [9.17, 15) is 14.7 Å². The van der Waals surface area contributed by atoms with E-state index in [0.29, 0.717) is 17.1 Å². The average molecular weight is 445 g/mol. The topological polar surface area (TPSA) is 138 Å². The summed E-state index contributed by atoms with van der Waals surface area (Å²) >= 11 is 1.13. The number of rotatable bonds is 9. The van der Waals surface area contributed by atoms with Gasteiger partial charge >= 0.3 is 5.97 Å². The van der Waals surface area contributed by atoms with Crippen LogP contribution in [0, 0.1) is 0 Å². The van der Waals surface area contributed by atoms with Crippen LogP contribution in [-0.4, -0.2) is 42.2 Å². The Balaban J connectivity index is 1.62. The first-order chi connectivity index (χ1) is 14.9. The highest BCUT2D eigenvalue weighted by molar-refractivity contribution is 7.99. The van der Waals surface area contributed by atoms with Gasteiger partial charge in [0.2, 0.25) is 11.6 Å². The van der Waals surface area contributed by atoms with Crippen LogP contribution in [0.15, 0.2) is 52.0 Å². The fraction of sp³-hybridized carbons (Fsp3) is 0.200. The minimum atomic E-state index is -1.10. The van der Waals surface area contributed by atoms with Crippen molar-refractivity contribution in [1.82, 2.24) is 5.27 Å². The molecular weight excluding hydrogens is 426 g/mol. The van der Waals surface area contributed by atoms with E-state index in [1.54, 1.807) is 31.4 Å². The number of carboxylic acid groups (broad SMARTS) is 1. The molecule has 162 valence electrons. The number of hydrogen-bond donors (Lipinski definition) is 2. The zero-order valence-electron chi connectivity index (χ0n) is 16.7. The molecule has 31 heavy (non-hydrogen) atoms. The molecule has 0 aliphatic carbocycles. The van der Waals surface area contributed by atoms with E-state index in [2.05, 4.69) is 10.6 Å². The van der Waals surface area contributed by atoms with E-state index in [-0.39, 0.29) is 34.4 Å². The molecule has 0 atom stereocenters. The number of anilines is 1. The van der Waals surface area contributed by atoms with Crippen LogP contribution in [0.4, 0.5) is 5.69 Å². The third-order valence-corrected chi connectivity index (χ3v) is 5.20. The Hall–Kier alpha value is -3.73. The number of carboxylic acids is 1. The lowest BCUT2D eigenvalue weighted by Gasteiger charge is -2.10. The highest BCUT2D eigenvalue weighted by Crippen LogP contribution is 2.27. The van der Waals surface area contributed by atoms with Crippen molar-refractivity contribution in [2.75, 3.05) is 25.3 Å². The Morgan fingerprint density at radius 3 is 2.58 bits per heavy atom. The van der Waals surface area contributed by atoms with Crippen LogP contribution in [-0.2, 0) is 4.79 Å². The summed E-state index contributed by atoms with van der Waals surface area (Å²) in [5.74, 6) is -0.846. The number of thioether (sulfide) groups is 1. The van der Waals surface area contributed by atoms with Crippen molar-refractivity contribution < 1.29 is 38.5 Å². The fourth-order valence-corrected chi connectivity index (χ4v) is 3.53. The normalized spacial score (nSPS) is 10.5. The van der Waals surface area contributed by atoms with Crippen LogP contribution in [0.3, 0.4) is 0 Å². The first-order valence-electron chi connectivity index (χ1n) is 9.00. The molecule has 10 nitrogen and oxygen atoms in total. The number of nitrogens with one attached hydrogen (secondary N) is 1. The minimum absolute atomic E-state index is 0.0453. The number of carbonyl (C=O) groups excluding carboxylic acids is 1. The van der Waals surface area contributed by atoms with Crippen molar-refractivity contribution in [2.24, 2.45) is 0 Å². The Bertz CT molecular complexity index is 1080. The van der Waals surface area contributed by atoms with Gasteiger partial charge in [-0.3, -0.25) is 4.79 Å². The number of aromatic carboxylic acids is 1. The van der Waals surface area contributed by atoms with Crippen LogP contribution in [0.25, 0.3) is 5.69 Å². The first-order valence-corrected chi connectivity index (χ1v) is 9.99. The predicted molar refractivity (Wildman–Crippen MR) is 108 cm³/mol. The molecule has 1 amide bonds. The van der Waals surface area contributed by atoms with Crippen molar-refractivity contribution in [3.05, 3.63) is 48.0 Å². The van der Waals surface area contributed by atoms with E-state index >= 15 is 0 Å². The maximum Gasteiger partial charge on any atom is 0.335 e. The zero-order valence-corrected chi connectivity index (χ0v) is 17.5. The van der Waals surface area contributed by atoms with Crippen LogP contribution >= 0.6 is 11.8 Å². The molecule has 0 fully saturated rings. The molecule has 0 aliphatic heterocycles. The van der Waals surface area contributed by atoms with Crippen molar-refractivity contribution in [3.63, 3.8) is 0 Å². The number of hydrogen-bond acceptors (Lipinski definition) is 8. The summed E-state index contributed by atoms with van der Waals surface area (Å²) in [6, 6.07) is 11.1. The van der Waals surface area contributed by atoms with E-state index in [0.717, 1.165) is 11.8 Å². The lowest BCUT2D eigenvalue weighted by atomic mass is 10.2. The molecular formula is C20H19N3O7S. The molecule has 11 heteroatoms. The molecule has 2 aromatic carbocycles. The van der Waals surface area contributed by atoms with Gasteiger partial charge in [-0.2, -0.15) is 0 Å². The van der Waals surface area contributed by atoms with Gasteiger partial charge in [0.25, 0.3) is 5.03 Å². The summed E-state index contributed by atoms with van der Waals surface area (Å²) in [6.07, 6.45) is 0.0851. The van der Waals surface area contributed by atoms with Gasteiger partial charge in [0, 0.05) is 24.3 Å². The van der Waals surface area contributed by atoms with E-state index in [1.807, 2.05) is 0 Å². The Morgan fingerprint density at radius 2 is 1.94 bits per heavy atom. The number of carbonyl (C=O) groups is 2. The molecule has 3 rings (SSSR count). The highest BCUT2D eigenvalue weighted by atomic mass is 32.2. The molecule has 0 unspecified atom stereocenters. The largest absolute Gasteiger partial charge is 0.538 e. The molecule has 0 saturated heterocycles. The van der Waals surface area contributed by atoms with Gasteiger partial charge in [0.15, 0.2) is 5.95 Å². The lowest BCUT2D eigenvalue weighted by molar-refractivity contribution is -0.705. The number of methoxy groups -OCH3 is 2. The molecule has 0 saturated carbocycles. The summed E-state index contributed by atoms with van der Waals surface area (Å²) in [5.41, 5.74) is 1.01. The summed E-state index contributed by atoms with van der Waals surface area (Å²) in [7, 11) is 2.93. The van der Waals surface area contributed by atoms with Gasteiger partial charge in [-0.25, -0.2) is 4.79 Å². The first kappa shape index (κ1) is 22.0. The zero-order chi connectivity index (χ0) is 22.4. The minimum Gasteiger partial charge on any atom is -0.538 e. The maximum atomic E-state index is 12.3. The fourth-order valence-electron chi connectivity index (χ4n) is 2.63. The predicted octanol–water partition coefficient (Wildman–Crippen LogP) is 1.86. The van der Waals surface area contributed by atoms with Gasteiger partial charge in [0.05, 0.1) is 30.7 Å². The summed E-state index contributed by atoms with van der Waals surface area (Å²) in [6.45, 7) is 0. The molecule has 3 aromatic rings. The second kappa shape index (κ2) is 9.85. The SMILES string of the molecule is COc1ccc(-[n+]2noc([O-])c2SCCC(=O)Nc2ccc(C(=O)O)cc2OC)cc1. The lowest BCUT2D eigenvalue weighted by Crippen LogP contribution is -2.34. The molecule has 0 spiro atoms. The van der Waals surface area contributed by atoms with Crippen molar-refractivity contribution >= 4 is 29.3 Å². The second-order valence-electron chi connectivity index (χ2n) is 6.14. The summed E-state index contributed by atoms with van der Waals surface area (Å²) in [4.78, 5) is 23.4. The molecule has 0 aliphatic rings. The molecule has 1 aromatic heterocycles. The van der Waals surface area contributed by atoms with Gasteiger partial charge in [-0.05, 0) is 35.0 Å². The van der Waals surface area contributed by atoms with E-state index in [1.165, 1.54) is 30.0 Å². The van der Waals surface area contributed by atoms with Gasteiger partial charge in [-0.15, -0.1) is 0 Å². The third-order valence-electron chi connectivity index (χ3n) is 4.18. The van der Waals surface area contributed by atoms with Gasteiger partial charge in [-0.1, -0.05) is 11.8 Å². The average Bonchev–Trinajstić information content (AvgIpc) is 3.14. The molecule has 1 heterocycles. The highest BCUT2D eigenvalue weighted by Gasteiger charge is 2.21. The summed E-state index contributed by atoms with van der Waals surface area (Å²) in [5, 5.41) is 27.7. The number of amides is 1. The van der Waals surface area contributed by atoms with E-state index in [4.69, 9.17) is 19.1 Å². The quantitative estimate of drug-likeness (QED) is 0.373.